The van der Waals surface area contributed by atoms with Gasteiger partial charge in [0.05, 0.1) is 19.3 Å². The van der Waals surface area contributed by atoms with Gasteiger partial charge in [0.2, 0.25) is 0 Å². The molecule has 2 aromatic heterocycles. The molecule has 3 N–H and O–H groups in total. The van der Waals surface area contributed by atoms with Gasteiger partial charge in [-0.05, 0) is 25.3 Å². The average molecular weight is 364 g/mol. The van der Waals surface area contributed by atoms with E-state index in [0.29, 0.717) is 19.0 Å². The van der Waals surface area contributed by atoms with Gasteiger partial charge in [0.25, 0.3) is 0 Å². The summed E-state index contributed by atoms with van der Waals surface area (Å²) in [5.41, 5.74) is -0.270. The lowest BCUT2D eigenvalue weighted by Gasteiger charge is -2.25. The molecule has 25 heavy (non-hydrogen) atoms. The van der Waals surface area contributed by atoms with Crippen molar-refractivity contribution in [1.29, 1.82) is 0 Å². The van der Waals surface area contributed by atoms with Crippen LogP contribution in [0, 0.1) is 0 Å². The number of aromatic nitrogens is 2. The maximum absolute atomic E-state index is 10.7. The first-order valence-corrected chi connectivity index (χ1v) is 9.40. The van der Waals surface area contributed by atoms with Gasteiger partial charge in [0.15, 0.2) is 5.96 Å². The number of hydrogen-bond donors (Lipinski definition) is 3. The van der Waals surface area contributed by atoms with Gasteiger partial charge in [-0.15, -0.1) is 11.3 Å². The van der Waals surface area contributed by atoms with E-state index in [-0.39, 0.29) is 5.41 Å². The van der Waals surface area contributed by atoms with E-state index in [9.17, 15) is 5.11 Å². The first-order chi connectivity index (χ1) is 11.7. The van der Waals surface area contributed by atoms with Crippen molar-refractivity contribution in [3.8, 4) is 0 Å². The molecule has 1 unspecified atom stereocenters. The summed E-state index contributed by atoms with van der Waals surface area (Å²) in [7, 11) is 1.84. The van der Waals surface area contributed by atoms with Crippen molar-refractivity contribution < 1.29 is 5.11 Å². The summed E-state index contributed by atoms with van der Waals surface area (Å²) >= 11 is 1.75. The number of nitrogens with zero attached hydrogens (tertiary/aromatic N) is 3. The molecule has 2 rings (SSSR count). The minimum Gasteiger partial charge on any atom is -0.383 e. The summed E-state index contributed by atoms with van der Waals surface area (Å²) in [6, 6.07) is 4.22. The second kappa shape index (κ2) is 8.01. The highest BCUT2D eigenvalue weighted by Crippen LogP contribution is 2.27. The summed E-state index contributed by atoms with van der Waals surface area (Å²) in [6.45, 7) is 9.97. The average Bonchev–Trinajstić information content (AvgIpc) is 3.22. The van der Waals surface area contributed by atoms with Crippen molar-refractivity contribution in [2.45, 2.75) is 38.7 Å². The monoisotopic (exact) mass is 363 g/mol. The third kappa shape index (κ3) is 5.31. The van der Waals surface area contributed by atoms with Gasteiger partial charge >= 0.3 is 0 Å². The first kappa shape index (κ1) is 19.5. The molecule has 2 heterocycles. The Morgan fingerprint density at radius 1 is 1.36 bits per heavy atom. The molecule has 0 aromatic carbocycles. The fourth-order valence-electron chi connectivity index (χ4n) is 2.42. The number of aliphatic imine (C=N–C) groups is 1. The molecule has 2 aromatic rings. The molecular formula is C18H29N5OS. The van der Waals surface area contributed by atoms with Crippen molar-refractivity contribution in [3.63, 3.8) is 0 Å². The quantitative estimate of drug-likeness (QED) is 0.521. The number of aryl methyl sites for hydroxylation is 1. The molecule has 0 bridgehead atoms. The fraction of sp³-hybridized carbons (Fsp3) is 0.556. The number of nitrogens with one attached hydrogen (secondary N) is 2. The third-order valence-corrected chi connectivity index (χ3v) is 5.33. The van der Waals surface area contributed by atoms with Crippen molar-refractivity contribution >= 4 is 17.3 Å². The maximum Gasteiger partial charge on any atom is 0.191 e. The predicted molar refractivity (Wildman–Crippen MR) is 104 cm³/mol. The molecule has 0 radical (unpaired) electrons. The van der Waals surface area contributed by atoms with Crippen LogP contribution >= 0.6 is 11.3 Å². The van der Waals surface area contributed by atoms with Crippen molar-refractivity contribution in [3.05, 3.63) is 40.3 Å². The minimum atomic E-state index is -1.02. The van der Waals surface area contributed by atoms with Gasteiger partial charge in [-0.1, -0.05) is 19.9 Å². The third-order valence-electron chi connectivity index (χ3n) is 4.09. The standard InChI is InChI=1S/C18H29N5OS/c1-6-19-16(20-12-17(2,3)15-8-7-9-25-15)21-13-18(4,24)14-10-22-23(5)11-14/h7-11,24H,6,12-13H2,1-5H3,(H2,19,20,21). The van der Waals surface area contributed by atoms with Crippen LogP contribution in [0.25, 0.3) is 0 Å². The Balaban J connectivity index is 2.02. The highest BCUT2D eigenvalue weighted by atomic mass is 32.1. The molecule has 0 amide bonds. The molecule has 0 aliphatic heterocycles. The Kier molecular flexibility index (Phi) is 6.24. The Hall–Kier alpha value is -1.86. The molecule has 0 fully saturated rings. The number of hydrogen-bond acceptors (Lipinski definition) is 4. The molecule has 7 heteroatoms. The van der Waals surface area contributed by atoms with Crippen LogP contribution in [0.1, 0.15) is 38.1 Å². The van der Waals surface area contributed by atoms with Crippen LogP contribution in [0.3, 0.4) is 0 Å². The highest BCUT2D eigenvalue weighted by molar-refractivity contribution is 7.10. The Bertz CT molecular complexity index is 688. The fourth-order valence-corrected chi connectivity index (χ4v) is 3.26. The minimum absolute atomic E-state index is 0.0254. The summed E-state index contributed by atoms with van der Waals surface area (Å²) in [4.78, 5) is 6.03. The van der Waals surface area contributed by atoms with Gasteiger partial charge in [-0.25, -0.2) is 0 Å². The zero-order chi connectivity index (χ0) is 18.5. The van der Waals surface area contributed by atoms with E-state index in [1.165, 1.54) is 4.88 Å². The van der Waals surface area contributed by atoms with E-state index in [0.717, 1.165) is 12.1 Å². The summed E-state index contributed by atoms with van der Waals surface area (Å²) < 4.78 is 1.69. The number of aliphatic hydroxyl groups is 1. The molecule has 1 atom stereocenters. The summed E-state index contributed by atoms with van der Waals surface area (Å²) in [5, 5.41) is 23.4. The van der Waals surface area contributed by atoms with Crippen LogP contribution < -0.4 is 10.6 Å². The maximum atomic E-state index is 10.7. The molecule has 0 saturated heterocycles. The first-order valence-electron chi connectivity index (χ1n) is 8.52. The molecule has 138 valence electrons. The number of thiophene rings is 1. The van der Waals surface area contributed by atoms with Crippen LogP contribution in [0.15, 0.2) is 34.9 Å². The van der Waals surface area contributed by atoms with Crippen molar-refractivity contribution in [2.24, 2.45) is 12.0 Å². The summed E-state index contributed by atoms with van der Waals surface area (Å²) in [6.07, 6.45) is 3.51. The number of guanidine groups is 1. The van der Waals surface area contributed by atoms with Crippen LogP contribution in [0.5, 0.6) is 0 Å². The van der Waals surface area contributed by atoms with Crippen LogP contribution in [-0.2, 0) is 18.1 Å². The van der Waals surface area contributed by atoms with E-state index in [2.05, 4.69) is 47.1 Å². The lowest BCUT2D eigenvalue weighted by molar-refractivity contribution is 0.0616. The van der Waals surface area contributed by atoms with Crippen LogP contribution in [0.4, 0.5) is 0 Å². The molecule has 0 spiro atoms. The molecular weight excluding hydrogens is 334 g/mol. The smallest absolute Gasteiger partial charge is 0.191 e. The van der Waals surface area contributed by atoms with E-state index in [1.54, 1.807) is 29.1 Å². The Morgan fingerprint density at radius 2 is 2.12 bits per heavy atom. The van der Waals surface area contributed by atoms with E-state index >= 15 is 0 Å². The Morgan fingerprint density at radius 3 is 2.68 bits per heavy atom. The van der Waals surface area contributed by atoms with Gasteiger partial charge in [0.1, 0.15) is 5.60 Å². The summed E-state index contributed by atoms with van der Waals surface area (Å²) in [5.74, 6) is 0.705. The van der Waals surface area contributed by atoms with E-state index in [1.807, 2.05) is 20.2 Å². The van der Waals surface area contributed by atoms with Crippen molar-refractivity contribution in [2.75, 3.05) is 19.6 Å². The van der Waals surface area contributed by atoms with E-state index < -0.39 is 5.60 Å². The lowest BCUT2D eigenvalue weighted by Crippen LogP contribution is -2.45. The molecule has 0 aliphatic carbocycles. The second-order valence-electron chi connectivity index (χ2n) is 7.09. The van der Waals surface area contributed by atoms with E-state index in [4.69, 9.17) is 4.99 Å². The topological polar surface area (TPSA) is 74.5 Å². The molecule has 0 aliphatic rings. The SMILES string of the molecule is CCNC(=NCC(C)(C)c1cccs1)NCC(C)(O)c1cnn(C)c1. The largest absolute Gasteiger partial charge is 0.383 e. The van der Waals surface area contributed by atoms with Crippen LogP contribution in [-0.4, -0.2) is 40.5 Å². The molecule has 6 nitrogen and oxygen atoms in total. The van der Waals surface area contributed by atoms with Gasteiger partial charge < -0.3 is 15.7 Å². The predicted octanol–water partition coefficient (Wildman–Crippen LogP) is 2.22. The number of rotatable bonds is 7. The molecule has 0 saturated carbocycles. The van der Waals surface area contributed by atoms with Crippen molar-refractivity contribution in [1.82, 2.24) is 20.4 Å². The Labute approximate surface area is 154 Å². The zero-order valence-corrected chi connectivity index (χ0v) is 16.5. The lowest BCUT2D eigenvalue weighted by atomic mass is 9.92. The second-order valence-corrected chi connectivity index (χ2v) is 8.03. The zero-order valence-electron chi connectivity index (χ0n) is 15.7. The van der Waals surface area contributed by atoms with Crippen LogP contribution in [0.2, 0.25) is 0 Å². The highest BCUT2D eigenvalue weighted by Gasteiger charge is 2.25. The van der Waals surface area contributed by atoms with Gasteiger partial charge in [-0.3, -0.25) is 9.67 Å². The van der Waals surface area contributed by atoms with Gasteiger partial charge in [0, 0.05) is 35.6 Å². The normalized spacial score (nSPS) is 15.0. The van der Waals surface area contributed by atoms with Gasteiger partial charge in [-0.2, -0.15) is 5.10 Å².